The summed E-state index contributed by atoms with van der Waals surface area (Å²) in [5, 5.41) is 3.57. The van der Waals surface area contributed by atoms with Crippen LogP contribution in [-0.4, -0.2) is 23.7 Å². The number of anilines is 1. The predicted molar refractivity (Wildman–Crippen MR) is 112 cm³/mol. The Bertz CT molecular complexity index is 523. The second kappa shape index (κ2) is 6.75. The average molecular weight is 368 g/mol. The number of rotatable bonds is 5. The van der Waals surface area contributed by atoms with Crippen molar-refractivity contribution in [1.82, 2.24) is 0 Å². The summed E-state index contributed by atoms with van der Waals surface area (Å²) >= 11 is 0. The Labute approximate surface area is 151 Å². The standard InChI is InChI=1S/C19H37NO2Si2/c1-18(2,3)23(8,9)21-16-12-15(20-7)13-17(14-16)22-24(10,11)19(4,5)6/h12-14,20H,1-11H3. The lowest BCUT2D eigenvalue weighted by Gasteiger charge is -2.38. The molecule has 0 unspecified atom stereocenters. The van der Waals surface area contributed by atoms with Crippen LogP contribution in [0.2, 0.25) is 36.3 Å². The molecule has 0 aliphatic heterocycles. The maximum absolute atomic E-state index is 6.48. The van der Waals surface area contributed by atoms with Gasteiger partial charge in [0.2, 0.25) is 16.6 Å². The fourth-order valence-electron chi connectivity index (χ4n) is 1.73. The SMILES string of the molecule is CNc1cc(O[Si](C)(C)C(C)(C)C)cc(O[Si](C)(C)C(C)(C)C)c1. The molecule has 0 saturated carbocycles. The van der Waals surface area contributed by atoms with Crippen LogP contribution in [0.5, 0.6) is 11.5 Å². The molecule has 1 aromatic carbocycles. The first-order valence-electron chi connectivity index (χ1n) is 8.80. The van der Waals surface area contributed by atoms with Gasteiger partial charge in [0.25, 0.3) is 0 Å². The van der Waals surface area contributed by atoms with Gasteiger partial charge in [0.05, 0.1) is 0 Å². The van der Waals surface area contributed by atoms with Crippen LogP contribution in [0, 0.1) is 0 Å². The summed E-state index contributed by atoms with van der Waals surface area (Å²) < 4.78 is 13.0. The van der Waals surface area contributed by atoms with Gasteiger partial charge in [-0.1, -0.05) is 41.5 Å². The minimum absolute atomic E-state index is 0.170. The van der Waals surface area contributed by atoms with Gasteiger partial charge in [-0.3, -0.25) is 0 Å². The van der Waals surface area contributed by atoms with Crippen molar-refractivity contribution in [2.45, 2.75) is 77.8 Å². The molecule has 0 spiro atoms. The maximum Gasteiger partial charge on any atom is 0.250 e. The molecule has 0 amide bonds. The topological polar surface area (TPSA) is 30.5 Å². The highest BCUT2D eigenvalue weighted by Gasteiger charge is 2.40. The number of benzene rings is 1. The summed E-state index contributed by atoms with van der Waals surface area (Å²) in [6.45, 7) is 22.6. The lowest BCUT2D eigenvalue weighted by Crippen LogP contribution is -2.44. The Morgan fingerprint density at radius 3 is 1.29 bits per heavy atom. The molecule has 0 radical (unpaired) electrons. The van der Waals surface area contributed by atoms with Gasteiger partial charge < -0.3 is 14.2 Å². The van der Waals surface area contributed by atoms with Gasteiger partial charge in [0, 0.05) is 30.9 Å². The number of hydrogen-bond donors (Lipinski definition) is 1. The highest BCUT2D eigenvalue weighted by molar-refractivity contribution is 6.75. The molecule has 1 N–H and O–H groups in total. The minimum atomic E-state index is -1.87. The normalized spacial score (nSPS) is 13.6. The Morgan fingerprint density at radius 1 is 0.708 bits per heavy atom. The van der Waals surface area contributed by atoms with Crippen LogP contribution in [0.3, 0.4) is 0 Å². The molecule has 24 heavy (non-hydrogen) atoms. The number of hydrogen-bond acceptors (Lipinski definition) is 3. The third-order valence-corrected chi connectivity index (χ3v) is 14.2. The van der Waals surface area contributed by atoms with Crippen LogP contribution in [0.15, 0.2) is 18.2 Å². The van der Waals surface area contributed by atoms with E-state index in [4.69, 9.17) is 8.85 Å². The van der Waals surface area contributed by atoms with Crippen LogP contribution in [0.4, 0.5) is 5.69 Å². The highest BCUT2D eigenvalue weighted by Crippen LogP contribution is 2.41. The van der Waals surface area contributed by atoms with E-state index in [1.54, 1.807) is 0 Å². The molecule has 0 fully saturated rings. The van der Waals surface area contributed by atoms with E-state index in [9.17, 15) is 0 Å². The summed E-state index contributed by atoms with van der Waals surface area (Å²) in [6, 6.07) is 6.19. The lowest BCUT2D eigenvalue weighted by atomic mass is 10.2. The molecular weight excluding hydrogens is 330 g/mol. The average Bonchev–Trinajstić information content (AvgIpc) is 2.34. The van der Waals surface area contributed by atoms with Crippen LogP contribution >= 0.6 is 0 Å². The van der Waals surface area contributed by atoms with Gasteiger partial charge >= 0.3 is 0 Å². The van der Waals surface area contributed by atoms with E-state index >= 15 is 0 Å². The first-order chi connectivity index (χ1) is 10.6. The van der Waals surface area contributed by atoms with Gasteiger partial charge in [-0.05, 0) is 36.3 Å². The third-order valence-electron chi connectivity index (χ3n) is 5.53. The highest BCUT2D eigenvalue weighted by atomic mass is 28.4. The van der Waals surface area contributed by atoms with Crippen molar-refractivity contribution < 1.29 is 8.85 Å². The summed E-state index contributed by atoms with van der Waals surface area (Å²) in [5.41, 5.74) is 1.03. The molecule has 1 rings (SSSR count). The molecule has 0 aliphatic rings. The molecule has 0 atom stereocenters. The summed E-state index contributed by atoms with van der Waals surface area (Å²) in [5.74, 6) is 1.81. The van der Waals surface area contributed by atoms with Crippen molar-refractivity contribution in [3.05, 3.63) is 18.2 Å². The maximum atomic E-state index is 6.48. The van der Waals surface area contributed by atoms with E-state index in [1.807, 2.05) is 7.05 Å². The Balaban J connectivity index is 3.18. The summed E-state index contributed by atoms with van der Waals surface area (Å²) in [6.07, 6.45) is 0. The minimum Gasteiger partial charge on any atom is -0.543 e. The molecular formula is C19H37NO2Si2. The molecule has 0 saturated heterocycles. The zero-order chi connectivity index (χ0) is 19.0. The van der Waals surface area contributed by atoms with Gasteiger partial charge in [0.15, 0.2) is 0 Å². The largest absolute Gasteiger partial charge is 0.543 e. The Hall–Kier alpha value is -0.946. The van der Waals surface area contributed by atoms with Gasteiger partial charge in [-0.25, -0.2) is 0 Å². The van der Waals surface area contributed by atoms with E-state index in [0.717, 1.165) is 17.2 Å². The summed E-state index contributed by atoms with van der Waals surface area (Å²) in [7, 11) is -1.81. The van der Waals surface area contributed by atoms with Crippen LogP contribution in [0.25, 0.3) is 0 Å². The monoisotopic (exact) mass is 367 g/mol. The van der Waals surface area contributed by atoms with E-state index in [2.05, 4.69) is 91.2 Å². The molecule has 0 aliphatic carbocycles. The van der Waals surface area contributed by atoms with Gasteiger partial charge in [-0.15, -0.1) is 0 Å². The van der Waals surface area contributed by atoms with Crippen molar-refractivity contribution in [3.8, 4) is 11.5 Å². The molecule has 0 bridgehead atoms. The van der Waals surface area contributed by atoms with Gasteiger partial charge in [-0.2, -0.15) is 0 Å². The zero-order valence-corrected chi connectivity index (χ0v) is 19.5. The molecule has 138 valence electrons. The van der Waals surface area contributed by atoms with Crippen molar-refractivity contribution >= 4 is 22.3 Å². The van der Waals surface area contributed by atoms with Gasteiger partial charge in [0.1, 0.15) is 11.5 Å². The van der Waals surface area contributed by atoms with E-state index < -0.39 is 16.6 Å². The molecule has 5 heteroatoms. The predicted octanol–water partition coefficient (Wildman–Crippen LogP) is 6.50. The number of nitrogens with one attached hydrogen (secondary N) is 1. The van der Waals surface area contributed by atoms with E-state index in [0.29, 0.717) is 0 Å². The van der Waals surface area contributed by atoms with E-state index in [-0.39, 0.29) is 10.1 Å². The second-order valence-electron chi connectivity index (χ2n) is 9.67. The summed E-state index contributed by atoms with van der Waals surface area (Å²) in [4.78, 5) is 0. The van der Waals surface area contributed by atoms with Crippen LogP contribution < -0.4 is 14.2 Å². The van der Waals surface area contributed by atoms with Crippen LogP contribution in [0.1, 0.15) is 41.5 Å². The lowest BCUT2D eigenvalue weighted by molar-refractivity contribution is 0.475. The van der Waals surface area contributed by atoms with Crippen molar-refractivity contribution in [3.63, 3.8) is 0 Å². The van der Waals surface area contributed by atoms with Crippen molar-refractivity contribution in [1.29, 1.82) is 0 Å². The quantitative estimate of drug-likeness (QED) is 0.603. The zero-order valence-electron chi connectivity index (χ0n) is 17.5. The fraction of sp³-hybridized carbons (Fsp3) is 0.684. The first-order valence-corrected chi connectivity index (χ1v) is 14.6. The third kappa shape index (κ3) is 5.02. The molecule has 3 nitrogen and oxygen atoms in total. The molecule has 1 aromatic rings. The Morgan fingerprint density at radius 2 is 1.04 bits per heavy atom. The van der Waals surface area contributed by atoms with Crippen molar-refractivity contribution in [2.24, 2.45) is 0 Å². The van der Waals surface area contributed by atoms with Crippen LogP contribution in [-0.2, 0) is 0 Å². The van der Waals surface area contributed by atoms with E-state index in [1.165, 1.54) is 0 Å². The van der Waals surface area contributed by atoms with Crippen molar-refractivity contribution in [2.75, 3.05) is 12.4 Å². The smallest absolute Gasteiger partial charge is 0.250 e. The fourth-order valence-corrected chi connectivity index (χ4v) is 3.76. The Kier molecular flexibility index (Phi) is 5.93. The molecule has 0 heterocycles. The first kappa shape index (κ1) is 21.1. The molecule has 0 aromatic heterocycles. The second-order valence-corrected chi connectivity index (χ2v) is 19.1.